The van der Waals surface area contributed by atoms with Crippen LogP contribution in [0.2, 0.25) is 0 Å². The molecular formula is C18H27N3O3S. The van der Waals surface area contributed by atoms with Gasteiger partial charge < -0.3 is 9.80 Å². The summed E-state index contributed by atoms with van der Waals surface area (Å²) in [6.07, 6.45) is 0.644. The van der Waals surface area contributed by atoms with E-state index in [0.29, 0.717) is 32.6 Å². The highest BCUT2D eigenvalue weighted by atomic mass is 32.2. The maximum atomic E-state index is 12.6. The van der Waals surface area contributed by atoms with E-state index >= 15 is 0 Å². The second-order valence-electron chi connectivity index (χ2n) is 6.82. The van der Waals surface area contributed by atoms with E-state index in [2.05, 4.69) is 17.0 Å². The first kappa shape index (κ1) is 18.2. The van der Waals surface area contributed by atoms with Crippen LogP contribution in [-0.2, 0) is 14.6 Å². The number of amides is 1. The molecule has 1 unspecified atom stereocenters. The highest BCUT2D eigenvalue weighted by Crippen LogP contribution is 2.19. The van der Waals surface area contributed by atoms with Crippen molar-refractivity contribution in [2.75, 3.05) is 55.7 Å². The van der Waals surface area contributed by atoms with Gasteiger partial charge >= 0.3 is 0 Å². The zero-order chi connectivity index (χ0) is 17.9. The van der Waals surface area contributed by atoms with Gasteiger partial charge in [-0.05, 0) is 25.1 Å². The largest absolute Gasteiger partial charge is 0.368 e. The predicted molar refractivity (Wildman–Crippen MR) is 99.5 cm³/mol. The number of nitrogens with zero attached hydrogens (tertiary/aromatic N) is 3. The minimum Gasteiger partial charge on any atom is -0.368 e. The summed E-state index contributed by atoms with van der Waals surface area (Å²) in [5, 5.41) is 0. The molecule has 0 bridgehead atoms. The molecule has 2 fully saturated rings. The molecule has 0 N–H and O–H groups in total. The molecule has 2 aliphatic rings. The number of rotatable bonds is 5. The van der Waals surface area contributed by atoms with Crippen molar-refractivity contribution in [2.45, 2.75) is 19.4 Å². The monoisotopic (exact) mass is 365 g/mol. The van der Waals surface area contributed by atoms with Gasteiger partial charge in [0.05, 0.1) is 18.1 Å². The minimum atomic E-state index is -2.92. The fourth-order valence-corrected chi connectivity index (χ4v) is 5.45. The van der Waals surface area contributed by atoms with Gasteiger partial charge in [0.25, 0.3) is 0 Å². The Morgan fingerprint density at radius 1 is 1.16 bits per heavy atom. The van der Waals surface area contributed by atoms with Crippen molar-refractivity contribution in [3.63, 3.8) is 0 Å². The van der Waals surface area contributed by atoms with E-state index in [-0.39, 0.29) is 23.5 Å². The van der Waals surface area contributed by atoms with Gasteiger partial charge in [0, 0.05) is 37.9 Å². The molecule has 0 saturated carbocycles. The van der Waals surface area contributed by atoms with E-state index in [9.17, 15) is 13.2 Å². The number of benzene rings is 1. The highest BCUT2D eigenvalue weighted by Gasteiger charge is 2.33. The average Bonchev–Trinajstić information content (AvgIpc) is 3.00. The summed E-state index contributed by atoms with van der Waals surface area (Å²) in [5.41, 5.74) is 1.20. The van der Waals surface area contributed by atoms with Crippen LogP contribution in [0.1, 0.15) is 13.3 Å². The summed E-state index contributed by atoms with van der Waals surface area (Å²) in [6.45, 7) is 6.12. The molecule has 0 aromatic heterocycles. The highest BCUT2D eigenvalue weighted by molar-refractivity contribution is 7.91. The molecule has 0 spiro atoms. The van der Waals surface area contributed by atoms with Crippen LogP contribution in [0.15, 0.2) is 30.3 Å². The molecular weight excluding hydrogens is 338 g/mol. The number of para-hydroxylation sites is 1. The first-order chi connectivity index (χ1) is 12.0. The summed E-state index contributed by atoms with van der Waals surface area (Å²) < 4.78 is 23.4. The standard InChI is InChI=1S/C18H27N3O3S/c1-2-19(17-8-13-25(23,24)15-17)14-18(22)21-11-9-20(10-12-21)16-6-4-3-5-7-16/h3-7,17H,2,8-15H2,1H3. The van der Waals surface area contributed by atoms with Crippen LogP contribution in [0, 0.1) is 0 Å². The van der Waals surface area contributed by atoms with Crippen molar-refractivity contribution in [3.8, 4) is 0 Å². The lowest BCUT2D eigenvalue weighted by atomic mass is 10.2. The molecule has 1 atom stereocenters. The Labute approximate surface area is 150 Å². The third-order valence-electron chi connectivity index (χ3n) is 5.22. The number of hydrogen-bond donors (Lipinski definition) is 0. The van der Waals surface area contributed by atoms with E-state index in [1.165, 1.54) is 5.69 Å². The van der Waals surface area contributed by atoms with Crippen LogP contribution in [0.25, 0.3) is 0 Å². The Bertz CT molecular complexity index is 685. The van der Waals surface area contributed by atoms with Crippen LogP contribution in [0.5, 0.6) is 0 Å². The van der Waals surface area contributed by atoms with Gasteiger partial charge in [0.1, 0.15) is 0 Å². The van der Waals surface area contributed by atoms with Gasteiger partial charge in [-0.2, -0.15) is 0 Å². The summed E-state index contributed by atoms with van der Waals surface area (Å²) in [5.74, 6) is 0.549. The van der Waals surface area contributed by atoms with Gasteiger partial charge in [0.2, 0.25) is 5.91 Å². The predicted octanol–water partition coefficient (Wildman–Crippen LogP) is 0.844. The van der Waals surface area contributed by atoms with E-state index < -0.39 is 9.84 Å². The van der Waals surface area contributed by atoms with Crippen molar-refractivity contribution in [3.05, 3.63) is 30.3 Å². The van der Waals surface area contributed by atoms with Crippen LogP contribution < -0.4 is 4.90 Å². The van der Waals surface area contributed by atoms with Crippen molar-refractivity contribution in [2.24, 2.45) is 0 Å². The van der Waals surface area contributed by atoms with Crippen molar-refractivity contribution >= 4 is 21.4 Å². The van der Waals surface area contributed by atoms with E-state index in [1.807, 2.05) is 34.9 Å². The molecule has 3 rings (SSSR count). The van der Waals surface area contributed by atoms with Crippen LogP contribution >= 0.6 is 0 Å². The van der Waals surface area contributed by atoms with Gasteiger partial charge in [-0.25, -0.2) is 8.42 Å². The second-order valence-corrected chi connectivity index (χ2v) is 9.05. The van der Waals surface area contributed by atoms with E-state index in [1.54, 1.807) is 0 Å². The first-order valence-electron chi connectivity index (χ1n) is 9.01. The molecule has 2 saturated heterocycles. The summed E-state index contributed by atoms with van der Waals surface area (Å²) in [4.78, 5) is 18.9. The van der Waals surface area contributed by atoms with Crippen LogP contribution in [-0.4, -0.2) is 80.9 Å². The van der Waals surface area contributed by atoms with Gasteiger partial charge in [-0.3, -0.25) is 9.69 Å². The Balaban J connectivity index is 1.52. The minimum absolute atomic E-state index is 0.00967. The van der Waals surface area contributed by atoms with Crippen LogP contribution in [0.3, 0.4) is 0 Å². The average molecular weight is 365 g/mol. The quantitative estimate of drug-likeness (QED) is 0.774. The van der Waals surface area contributed by atoms with E-state index in [4.69, 9.17) is 0 Å². The molecule has 25 heavy (non-hydrogen) atoms. The second kappa shape index (κ2) is 7.74. The Morgan fingerprint density at radius 3 is 2.40 bits per heavy atom. The topological polar surface area (TPSA) is 60.9 Å². The number of hydrogen-bond acceptors (Lipinski definition) is 5. The molecule has 2 heterocycles. The molecule has 0 radical (unpaired) electrons. The van der Waals surface area contributed by atoms with Gasteiger partial charge in [-0.1, -0.05) is 25.1 Å². The fourth-order valence-electron chi connectivity index (χ4n) is 3.69. The zero-order valence-corrected chi connectivity index (χ0v) is 15.6. The summed E-state index contributed by atoms with van der Waals surface area (Å²) in [6, 6.07) is 10.2. The molecule has 1 aromatic rings. The van der Waals surface area contributed by atoms with E-state index in [0.717, 1.165) is 13.1 Å². The zero-order valence-electron chi connectivity index (χ0n) is 14.8. The summed E-state index contributed by atoms with van der Waals surface area (Å²) in [7, 11) is -2.92. The first-order valence-corrected chi connectivity index (χ1v) is 10.8. The lowest BCUT2D eigenvalue weighted by Crippen LogP contribution is -2.52. The van der Waals surface area contributed by atoms with Crippen molar-refractivity contribution < 1.29 is 13.2 Å². The Hall–Kier alpha value is -1.60. The molecule has 1 amide bonds. The molecule has 6 nitrogen and oxygen atoms in total. The van der Waals surface area contributed by atoms with Gasteiger partial charge in [-0.15, -0.1) is 0 Å². The molecule has 2 aliphatic heterocycles. The Kier molecular flexibility index (Phi) is 5.64. The van der Waals surface area contributed by atoms with Gasteiger partial charge in [0.15, 0.2) is 9.84 Å². The fraction of sp³-hybridized carbons (Fsp3) is 0.611. The lowest BCUT2D eigenvalue weighted by Gasteiger charge is -2.37. The lowest BCUT2D eigenvalue weighted by molar-refractivity contribution is -0.133. The smallest absolute Gasteiger partial charge is 0.236 e. The number of likely N-dealkylation sites (N-methyl/N-ethyl adjacent to an activating group) is 1. The molecule has 1 aromatic carbocycles. The number of anilines is 1. The third-order valence-corrected chi connectivity index (χ3v) is 6.97. The molecule has 0 aliphatic carbocycles. The number of piperazine rings is 1. The van der Waals surface area contributed by atoms with Crippen molar-refractivity contribution in [1.82, 2.24) is 9.80 Å². The number of carbonyl (C=O) groups is 1. The normalized spacial score (nSPS) is 23.2. The van der Waals surface area contributed by atoms with Crippen molar-refractivity contribution in [1.29, 1.82) is 0 Å². The molecule has 138 valence electrons. The van der Waals surface area contributed by atoms with Crippen LogP contribution in [0.4, 0.5) is 5.69 Å². The third kappa shape index (κ3) is 4.52. The number of sulfone groups is 1. The maximum absolute atomic E-state index is 12.6. The summed E-state index contributed by atoms with van der Waals surface area (Å²) >= 11 is 0. The number of carbonyl (C=O) groups excluding carboxylic acids is 1. The maximum Gasteiger partial charge on any atom is 0.236 e. The Morgan fingerprint density at radius 2 is 1.84 bits per heavy atom. The SMILES string of the molecule is CCN(CC(=O)N1CCN(c2ccccc2)CC1)C1CCS(=O)(=O)C1. The molecule has 7 heteroatoms.